The number of imidazole rings is 1. The molecule has 1 amide bonds. The average molecular weight is 408 g/mol. The van der Waals surface area contributed by atoms with Gasteiger partial charge in [-0.25, -0.2) is 15.0 Å². The number of rotatable bonds is 4. The van der Waals surface area contributed by atoms with Gasteiger partial charge in [0.05, 0.1) is 11.3 Å². The van der Waals surface area contributed by atoms with E-state index in [2.05, 4.69) is 31.2 Å². The van der Waals surface area contributed by atoms with Gasteiger partial charge in [0.2, 0.25) is 5.91 Å². The first kappa shape index (κ1) is 18.9. The normalized spacial score (nSPS) is 14.4. The highest BCUT2D eigenvalue weighted by atomic mass is 35.5. The van der Waals surface area contributed by atoms with Crippen LogP contribution in [0.3, 0.4) is 0 Å². The van der Waals surface area contributed by atoms with E-state index in [-0.39, 0.29) is 11.8 Å². The summed E-state index contributed by atoms with van der Waals surface area (Å²) in [7, 11) is 0. The molecule has 0 radical (unpaired) electrons. The van der Waals surface area contributed by atoms with Gasteiger partial charge in [-0.2, -0.15) is 5.26 Å². The Bertz CT molecular complexity index is 1050. The maximum absolute atomic E-state index is 12.7. The molecule has 0 unspecified atom stereocenters. The van der Waals surface area contributed by atoms with Crippen molar-refractivity contribution in [2.75, 3.05) is 23.3 Å². The van der Waals surface area contributed by atoms with Crippen molar-refractivity contribution in [2.24, 2.45) is 5.92 Å². The Kier molecular flexibility index (Phi) is 5.40. The van der Waals surface area contributed by atoms with Crippen molar-refractivity contribution < 1.29 is 4.79 Å². The zero-order valence-electron chi connectivity index (χ0n) is 15.5. The molecule has 0 atom stereocenters. The van der Waals surface area contributed by atoms with Crippen LogP contribution < -0.4 is 10.2 Å². The highest BCUT2D eigenvalue weighted by molar-refractivity contribution is 6.31. The van der Waals surface area contributed by atoms with Gasteiger partial charge in [0.15, 0.2) is 0 Å². The summed E-state index contributed by atoms with van der Waals surface area (Å²) in [6.45, 7) is 1.41. The fourth-order valence-corrected chi connectivity index (χ4v) is 3.54. The van der Waals surface area contributed by atoms with Gasteiger partial charge in [-0.15, -0.1) is 0 Å². The third-order valence-corrected chi connectivity index (χ3v) is 5.19. The number of nitrogens with one attached hydrogen (secondary N) is 1. The van der Waals surface area contributed by atoms with E-state index >= 15 is 0 Å². The number of hydrogen-bond donors (Lipinski definition) is 1. The summed E-state index contributed by atoms with van der Waals surface area (Å²) in [6.07, 6.45) is 8.13. The summed E-state index contributed by atoms with van der Waals surface area (Å²) in [4.78, 5) is 27.5. The van der Waals surface area contributed by atoms with Crippen LogP contribution >= 0.6 is 11.6 Å². The predicted molar refractivity (Wildman–Crippen MR) is 109 cm³/mol. The number of amides is 1. The van der Waals surface area contributed by atoms with Gasteiger partial charge in [0.1, 0.15) is 30.4 Å². The van der Waals surface area contributed by atoms with E-state index in [1.54, 1.807) is 30.7 Å². The number of benzene rings is 1. The molecular weight excluding hydrogens is 390 g/mol. The first-order valence-electron chi connectivity index (χ1n) is 9.20. The molecule has 3 aromatic rings. The molecule has 3 heterocycles. The zero-order chi connectivity index (χ0) is 20.2. The van der Waals surface area contributed by atoms with Gasteiger partial charge in [-0.3, -0.25) is 9.36 Å². The molecule has 1 N–H and O–H groups in total. The van der Waals surface area contributed by atoms with Crippen LogP contribution in [-0.2, 0) is 4.79 Å². The van der Waals surface area contributed by atoms with Crippen LogP contribution in [-0.4, -0.2) is 38.5 Å². The van der Waals surface area contributed by atoms with E-state index in [1.165, 1.54) is 6.33 Å². The van der Waals surface area contributed by atoms with E-state index in [4.69, 9.17) is 11.6 Å². The quantitative estimate of drug-likeness (QED) is 0.713. The molecule has 0 aliphatic carbocycles. The first-order chi connectivity index (χ1) is 14.1. The fourth-order valence-electron chi connectivity index (χ4n) is 3.37. The topological polar surface area (TPSA) is 99.7 Å². The van der Waals surface area contributed by atoms with Crippen LogP contribution in [0.5, 0.6) is 0 Å². The largest absolute Gasteiger partial charge is 0.356 e. The van der Waals surface area contributed by atoms with Crippen molar-refractivity contribution in [2.45, 2.75) is 12.8 Å². The number of carbonyl (C=O) groups excluding carboxylic acids is 1. The number of halogens is 1. The Hall–Kier alpha value is -3.44. The average Bonchev–Trinajstić information content (AvgIpc) is 3.29. The molecule has 0 saturated carbocycles. The number of nitrogens with zero attached hydrogens (tertiary/aromatic N) is 6. The van der Waals surface area contributed by atoms with Gasteiger partial charge in [0.25, 0.3) is 0 Å². The van der Waals surface area contributed by atoms with Crippen molar-refractivity contribution in [3.05, 3.63) is 59.9 Å². The molecule has 1 saturated heterocycles. The third kappa shape index (κ3) is 4.20. The number of hydrogen-bond acceptors (Lipinski definition) is 6. The van der Waals surface area contributed by atoms with Crippen LogP contribution in [0.25, 0.3) is 5.82 Å². The summed E-state index contributed by atoms with van der Waals surface area (Å²) in [5.41, 5.74) is 0.849. The molecule has 1 aliphatic heterocycles. The van der Waals surface area contributed by atoms with Crippen molar-refractivity contribution in [1.82, 2.24) is 19.5 Å². The van der Waals surface area contributed by atoms with Gasteiger partial charge >= 0.3 is 0 Å². The Balaban J connectivity index is 1.40. The van der Waals surface area contributed by atoms with E-state index < -0.39 is 0 Å². The molecule has 1 fully saturated rings. The molecule has 8 nitrogen and oxygen atoms in total. The molecule has 0 spiro atoms. The van der Waals surface area contributed by atoms with Crippen molar-refractivity contribution in [3.8, 4) is 11.9 Å². The molecule has 9 heteroatoms. The lowest BCUT2D eigenvalue weighted by molar-refractivity contribution is -0.120. The van der Waals surface area contributed by atoms with E-state index in [1.807, 2.05) is 16.8 Å². The van der Waals surface area contributed by atoms with E-state index in [9.17, 15) is 10.1 Å². The van der Waals surface area contributed by atoms with Crippen LogP contribution in [0.4, 0.5) is 11.5 Å². The second-order valence-corrected chi connectivity index (χ2v) is 7.19. The molecule has 1 aromatic carbocycles. The number of piperidine rings is 1. The lowest BCUT2D eigenvalue weighted by Gasteiger charge is -2.32. The summed E-state index contributed by atoms with van der Waals surface area (Å²) >= 11 is 5.99. The third-order valence-electron chi connectivity index (χ3n) is 4.96. The minimum absolute atomic E-state index is 0.0924. The smallest absolute Gasteiger partial charge is 0.227 e. The summed E-state index contributed by atoms with van der Waals surface area (Å²) in [5, 5.41) is 12.5. The molecule has 0 bridgehead atoms. The Morgan fingerprint density at radius 2 is 2.00 bits per heavy atom. The van der Waals surface area contributed by atoms with Gasteiger partial charge in [0, 0.05) is 42.5 Å². The Morgan fingerprint density at radius 3 is 2.72 bits per heavy atom. The van der Waals surface area contributed by atoms with Crippen molar-refractivity contribution in [3.63, 3.8) is 0 Å². The number of carbonyl (C=O) groups is 1. The SMILES string of the molecule is N#Cc1ccc(Cl)cc1NC(=O)C1CCN(c2cc(-n3ccnc3)ncn2)CC1. The van der Waals surface area contributed by atoms with E-state index in [0.29, 0.717) is 42.2 Å². The molecular formula is C20H18ClN7O. The summed E-state index contributed by atoms with van der Waals surface area (Å²) < 4.78 is 1.82. The minimum atomic E-state index is -0.133. The van der Waals surface area contributed by atoms with Crippen LogP contribution in [0.15, 0.2) is 49.3 Å². The van der Waals surface area contributed by atoms with Crippen molar-refractivity contribution >= 4 is 29.0 Å². The maximum Gasteiger partial charge on any atom is 0.227 e. The predicted octanol–water partition coefficient (Wildman–Crippen LogP) is 3.04. The van der Waals surface area contributed by atoms with E-state index in [0.717, 1.165) is 11.6 Å². The number of aromatic nitrogens is 4. The van der Waals surface area contributed by atoms with Crippen molar-refractivity contribution in [1.29, 1.82) is 5.26 Å². The molecule has 4 rings (SSSR count). The lowest BCUT2D eigenvalue weighted by atomic mass is 9.95. The highest BCUT2D eigenvalue weighted by Gasteiger charge is 2.26. The standard InChI is InChI=1S/C20H18ClN7O/c21-16-2-1-15(11-22)17(9-16)26-20(29)14-3-6-27(7-4-14)18-10-19(25-12-24-18)28-8-5-23-13-28/h1-2,5,8-10,12-14H,3-4,6-7H2,(H,26,29). The monoisotopic (exact) mass is 407 g/mol. The van der Waals surface area contributed by atoms with Gasteiger partial charge in [-0.05, 0) is 31.0 Å². The van der Waals surface area contributed by atoms with Crippen LogP contribution in [0.2, 0.25) is 5.02 Å². The van der Waals surface area contributed by atoms with Gasteiger partial charge in [-0.1, -0.05) is 11.6 Å². The molecule has 146 valence electrons. The van der Waals surface area contributed by atoms with Gasteiger partial charge < -0.3 is 10.2 Å². The highest BCUT2D eigenvalue weighted by Crippen LogP contribution is 2.26. The molecule has 29 heavy (non-hydrogen) atoms. The Morgan fingerprint density at radius 1 is 1.21 bits per heavy atom. The Labute approximate surface area is 172 Å². The second kappa shape index (κ2) is 8.29. The molecule has 1 aliphatic rings. The zero-order valence-corrected chi connectivity index (χ0v) is 16.3. The number of nitriles is 1. The van der Waals surface area contributed by atoms with Crippen LogP contribution in [0, 0.1) is 17.2 Å². The fraction of sp³-hybridized carbons (Fsp3) is 0.250. The molecule has 2 aromatic heterocycles. The lowest BCUT2D eigenvalue weighted by Crippen LogP contribution is -2.38. The second-order valence-electron chi connectivity index (χ2n) is 6.76. The van der Waals surface area contributed by atoms with Crippen LogP contribution in [0.1, 0.15) is 18.4 Å². The minimum Gasteiger partial charge on any atom is -0.356 e. The first-order valence-corrected chi connectivity index (χ1v) is 9.57. The number of anilines is 2. The summed E-state index contributed by atoms with van der Waals surface area (Å²) in [5.74, 6) is 1.35. The maximum atomic E-state index is 12.7. The summed E-state index contributed by atoms with van der Waals surface area (Å²) in [6, 6.07) is 8.82.